The topological polar surface area (TPSA) is 51.4 Å². The van der Waals surface area contributed by atoms with E-state index in [0.717, 1.165) is 29.2 Å². The third-order valence-electron chi connectivity index (χ3n) is 3.17. The first-order valence-electron chi connectivity index (χ1n) is 6.69. The predicted octanol–water partition coefficient (Wildman–Crippen LogP) is 2.75. The van der Waals surface area contributed by atoms with Gasteiger partial charge in [-0.25, -0.2) is 4.98 Å². The molecule has 0 bridgehead atoms. The molecule has 20 heavy (non-hydrogen) atoms. The van der Waals surface area contributed by atoms with E-state index in [4.69, 9.17) is 10.5 Å². The van der Waals surface area contributed by atoms with Gasteiger partial charge in [0.05, 0.1) is 12.8 Å². The molecule has 2 aromatic rings. The number of para-hydroxylation sites is 2. The Hall–Kier alpha value is -2.07. The largest absolute Gasteiger partial charge is 0.495 e. The Labute approximate surface area is 120 Å². The van der Waals surface area contributed by atoms with Crippen LogP contribution in [0.15, 0.2) is 42.6 Å². The van der Waals surface area contributed by atoms with E-state index < -0.39 is 0 Å². The van der Waals surface area contributed by atoms with Gasteiger partial charge in [-0.3, -0.25) is 0 Å². The van der Waals surface area contributed by atoms with Crippen LogP contribution in [0.4, 0.5) is 11.5 Å². The maximum Gasteiger partial charge on any atom is 0.142 e. The molecular weight excluding hydrogens is 250 g/mol. The summed E-state index contributed by atoms with van der Waals surface area (Å²) in [5, 5.41) is 0. The second kappa shape index (κ2) is 6.39. The maximum absolute atomic E-state index is 5.92. The lowest BCUT2D eigenvalue weighted by Gasteiger charge is -2.23. The van der Waals surface area contributed by atoms with Gasteiger partial charge >= 0.3 is 0 Å². The SMILES string of the molecule is COc1ccccc1N(C)c1ncccc1CC(C)N. The minimum Gasteiger partial charge on any atom is -0.495 e. The van der Waals surface area contributed by atoms with Crippen molar-refractivity contribution < 1.29 is 4.74 Å². The highest BCUT2D eigenvalue weighted by Gasteiger charge is 2.14. The van der Waals surface area contributed by atoms with Gasteiger partial charge in [0.1, 0.15) is 11.6 Å². The molecule has 1 heterocycles. The molecular formula is C16H21N3O. The Morgan fingerprint density at radius 1 is 1.25 bits per heavy atom. The lowest BCUT2D eigenvalue weighted by molar-refractivity contribution is 0.415. The zero-order valence-corrected chi connectivity index (χ0v) is 12.2. The molecule has 1 aromatic carbocycles. The summed E-state index contributed by atoms with van der Waals surface area (Å²) >= 11 is 0. The first-order chi connectivity index (χ1) is 9.63. The van der Waals surface area contributed by atoms with Crippen LogP contribution in [0.3, 0.4) is 0 Å². The molecule has 2 N–H and O–H groups in total. The van der Waals surface area contributed by atoms with E-state index in [2.05, 4.69) is 11.1 Å². The first-order valence-corrected chi connectivity index (χ1v) is 6.69. The average Bonchev–Trinajstić information content (AvgIpc) is 2.46. The zero-order chi connectivity index (χ0) is 14.5. The van der Waals surface area contributed by atoms with Gasteiger partial charge in [0.2, 0.25) is 0 Å². The highest BCUT2D eigenvalue weighted by Crippen LogP contribution is 2.32. The van der Waals surface area contributed by atoms with Crippen molar-refractivity contribution in [3.05, 3.63) is 48.2 Å². The number of hydrogen-bond donors (Lipinski definition) is 1. The van der Waals surface area contributed by atoms with Crippen LogP contribution in [0.1, 0.15) is 12.5 Å². The molecule has 0 aliphatic rings. The van der Waals surface area contributed by atoms with Crippen molar-refractivity contribution in [2.24, 2.45) is 5.73 Å². The Morgan fingerprint density at radius 2 is 2.00 bits per heavy atom. The first kappa shape index (κ1) is 14.3. The fourth-order valence-corrected chi connectivity index (χ4v) is 2.26. The molecule has 0 amide bonds. The van der Waals surface area contributed by atoms with Gasteiger partial charge in [-0.05, 0) is 37.1 Å². The van der Waals surface area contributed by atoms with Crippen LogP contribution in [0, 0.1) is 0 Å². The highest BCUT2D eigenvalue weighted by atomic mass is 16.5. The molecule has 0 aliphatic carbocycles. The fourth-order valence-electron chi connectivity index (χ4n) is 2.26. The van der Waals surface area contributed by atoms with Crippen LogP contribution in [0.2, 0.25) is 0 Å². The minimum atomic E-state index is 0.101. The standard InChI is InChI=1S/C16H21N3O/c1-12(17)11-13-7-6-10-18-16(13)19(2)14-8-4-5-9-15(14)20-3/h4-10,12H,11,17H2,1-3H3. The van der Waals surface area contributed by atoms with Crippen LogP contribution < -0.4 is 15.4 Å². The number of nitrogens with two attached hydrogens (primary N) is 1. The van der Waals surface area contributed by atoms with Gasteiger partial charge < -0.3 is 15.4 Å². The average molecular weight is 271 g/mol. The minimum absolute atomic E-state index is 0.101. The van der Waals surface area contributed by atoms with Crippen molar-refractivity contribution in [2.75, 3.05) is 19.1 Å². The molecule has 0 fully saturated rings. The molecule has 1 aromatic heterocycles. The third-order valence-corrected chi connectivity index (χ3v) is 3.17. The molecule has 0 spiro atoms. The number of hydrogen-bond acceptors (Lipinski definition) is 4. The quantitative estimate of drug-likeness (QED) is 0.908. The second-order valence-corrected chi connectivity index (χ2v) is 4.90. The molecule has 1 unspecified atom stereocenters. The summed E-state index contributed by atoms with van der Waals surface area (Å²) in [5.41, 5.74) is 8.04. The van der Waals surface area contributed by atoms with Gasteiger partial charge in [0, 0.05) is 19.3 Å². The molecule has 1 atom stereocenters. The summed E-state index contributed by atoms with van der Waals surface area (Å²) in [5.74, 6) is 1.74. The number of anilines is 2. The molecule has 0 saturated carbocycles. The predicted molar refractivity (Wildman–Crippen MR) is 82.6 cm³/mol. The molecule has 4 heteroatoms. The van der Waals surface area contributed by atoms with Crippen molar-refractivity contribution >= 4 is 11.5 Å². The van der Waals surface area contributed by atoms with E-state index in [0.29, 0.717) is 0 Å². The lowest BCUT2D eigenvalue weighted by atomic mass is 10.1. The number of rotatable bonds is 5. The zero-order valence-electron chi connectivity index (χ0n) is 12.2. The number of aromatic nitrogens is 1. The van der Waals surface area contributed by atoms with E-state index >= 15 is 0 Å². The monoisotopic (exact) mass is 271 g/mol. The van der Waals surface area contributed by atoms with E-state index in [1.807, 2.05) is 49.2 Å². The summed E-state index contributed by atoms with van der Waals surface area (Å²) in [4.78, 5) is 6.54. The normalized spacial score (nSPS) is 12.0. The van der Waals surface area contributed by atoms with Crippen molar-refractivity contribution in [2.45, 2.75) is 19.4 Å². The summed E-state index contributed by atoms with van der Waals surface area (Å²) in [6.45, 7) is 2.00. The van der Waals surface area contributed by atoms with Crippen molar-refractivity contribution in [1.29, 1.82) is 0 Å². The van der Waals surface area contributed by atoms with Crippen molar-refractivity contribution in [3.8, 4) is 5.75 Å². The number of nitrogens with zero attached hydrogens (tertiary/aromatic N) is 2. The van der Waals surface area contributed by atoms with E-state index in [-0.39, 0.29) is 6.04 Å². The summed E-state index contributed by atoms with van der Waals surface area (Å²) in [6.07, 6.45) is 2.59. The van der Waals surface area contributed by atoms with E-state index in [9.17, 15) is 0 Å². The summed E-state index contributed by atoms with van der Waals surface area (Å²) in [6, 6.07) is 12.0. The summed E-state index contributed by atoms with van der Waals surface area (Å²) < 4.78 is 5.41. The van der Waals surface area contributed by atoms with Gasteiger partial charge in [0.25, 0.3) is 0 Å². The van der Waals surface area contributed by atoms with Gasteiger partial charge in [-0.15, -0.1) is 0 Å². The smallest absolute Gasteiger partial charge is 0.142 e. The van der Waals surface area contributed by atoms with Crippen LogP contribution in [0.5, 0.6) is 5.75 Å². The van der Waals surface area contributed by atoms with E-state index in [1.54, 1.807) is 13.3 Å². The highest BCUT2D eigenvalue weighted by molar-refractivity contribution is 5.68. The molecule has 2 rings (SSSR count). The van der Waals surface area contributed by atoms with Crippen molar-refractivity contribution in [3.63, 3.8) is 0 Å². The maximum atomic E-state index is 5.92. The van der Waals surface area contributed by atoms with Gasteiger partial charge in [0.15, 0.2) is 0 Å². The van der Waals surface area contributed by atoms with Crippen molar-refractivity contribution in [1.82, 2.24) is 4.98 Å². The van der Waals surface area contributed by atoms with E-state index in [1.165, 1.54) is 0 Å². The molecule has 106 valence electrons. The summed E-state index contributed by atoms with van der Waals surface area (Å²) in [7, 11) is 3.67. The van der Waals surface area contributed by atoms with Crippen LogP contribution in [-0.4, -0.2) is 25.2 Å². The Bertz CT molecular complexity index is 569. The number of methoxy groups -OCH3 is 1. The van der Waals surface area contributed by atoms with Gasteiger partial charge in [-0.2, -0.15) is 0 Å². The van der Waals surface area contributed by atoms with Crippen LogP contribution >= 0.6 is 0 Å². The van der Waals surface area contributed by atoms with Crippen LogP contribution in [0.25, 0.3) is 0 Å². The number of ether oxygens (including phenoxy) is 1. The van der Waals surface area contributed by atoms with Crippen LogP contribution in [-0.2, 0) is 6.42 Å². The molecule has 0 radical (unpaired) electrons. The third kappa shape index (κ3) is 3.08. The van der Waals surface area contributed by atoms with Gasteiger partial charge in [-0.1, -0.05) is 18.2 Å². The number of pyridine rings is 1. The molecule has 0 aliphatic heterocycles. The second-order valence-electron chi connectivity index (χ2n) is 4.90. The molecule has 4 nitrogen and oxygen atoms in total. The lowest BCUT2D eigenvalue weighted by Crippen LogP contribution is -2.21. The molecule has 0 saturated heterocycles. The Balaban J connectivity index is 2.40. The number of benzene rings is 1. The fraction of sp³-hybridized carbons (Fsp3) is 0.312. The Kier molecular flexibility index (Phi) is 4.58. The Morgan fingerprint density at radius 3 is 2.70 bits per heavy atom.